The van der Waals surface area contributed by atoms with Crippen molar-refractivity contribution in [2.45, 2.75) is 70.6 Å². The molecule has 4 heteroatoms. The van der Waals surface area contributed by atoms with Crippen LogP contribution in [0, 0.1) is 10.8 Å². The summed E-state index contributed by atoms with van der Waals surface area (Å²) in [7, 11) is 0. The zero-order valence-electron chi connectivity index (χ0n) is 11.7. The van der Waals surface area contributed by atoms with Gasteiger partial charge in [-0.05, 0) is 45.1 Å². The van der Waals surface area contributed by atoms with Gasteiger partial charge in [-0.15, -0.1) is 0 Å². The molecule has 2 aliphatic heterocycles. The van der Waals surface area contributed by atoms with Crippen LogP contribution in [0.2, 0.25) is 0 Å². The van der Waals surface area contributed by atoms with Gasteiger partial charge in [0, 0.05) is 17.5 Å². The lowest BCUT2D eigenvalue weighted by molar-refractivity contribution is 0.0339. The molecule has 2 saturated heterocycles. The van der Waals surface area contributed by atoms with Gasteiger partial charge >= 0.3 is 0 Å². The summed E-state index contributed by atoms with van der Waals surface area (Å²) in [6, 6.07) is 1.19. The number of hydrogen-bond acceptors (Lipinski definition) is 3. The highest BCUT2D eigenvalue weighted by molar-refractivity contribution is 5.82. The zero-order valence-corrected chi connectivity index (χ0v) is 11.7. The van der Waals surface area contributed by atoms with Crippen molar-refractivity contribution in [1.82, 2.24) is 4.90 Å². The van der Waals surface area contributed by atoms with E-state index < -0.39 is 0 Å². The van der Waals surface area contributed by atoms with Crippen molar-refractivity contribution in [1.29, 1.82) is 5.41 Å². The van der Waals surface area contributed by atoms with Crippen LogP contribution < -0.4 is 5.73 Å². The largest absolute Gasteiger partial charge is 0.393 e. The highest BCUT2D eigenvalue weighted by atomic mass is 16.3. The molecule has 2 heterocycles. The van der Waals surface area contributed by atoms with E-state index in [1.165, 1.54) is 12.8 Å². The van der Waals surface area contributed by atoms with Crippen LogP contribution >= 0.6 is 0 Å². The molecule has 0 aromatic heterocycles. The summed E-state index contributed by atoms with van der Waals surface area (Å²) >= 11 is 0. The highest BCUT2D eigenvalue weighted by Crippen LogP contribution is 2.36. The van der Waals surface area contributed by atoms with Gasteiger partial charge in [0.2, 0.25) is 0 Å². The molecular weight excluding hydrogens is 226 g/mol. The fourth-order valence-corrected chi connectivity index (χ4v) is 3.45. The minimum Gasteiger partial charge on any atom is -0.393 e. The van der Waals surface area contributed by atoms with Crippen molar-refractivity contribution in [3.05, 3.63) is 0 Å². The lowest BCUT2D eigenvalue weighted by atomic mass is 9.86. The van der Waals surface area contributed by atoms with Gasteiger partial charge < -0.3 is 10.8 Å². The number of piperidine rings is 1. The SMILES string of the molecule is CC(C)(CCCN1C2CCC1CC(O)C2)C(=N)N. The van der Waals surface area contributed by atoms with Gasteiger partial charge in [-0.2, -0.15) is 0 Å². The molecule has 0 aromatic rings. The molecule has 4 nitrogen and oxygen atoms in total. The molecular formula is C14H27N3O. The summed E-state index contributed by atoms with van der Waals surface area (Å²) in [6.45, 7) is 5.19. The van der Waals surface area contributed by atoms with Crippen LogP contribution in [0.5, 0.6) is 0 Å². The van der Waals surface area contributed by atoms with Crippen LogP contribution in [0.1, 0.15) is 52.4 Å². The topological polar surface area (TPSA) is 73.3 Å². The molecule has 0 spiro atoms. The van der Waals surface area contributed by atoms with E-state index in [0.717, 1.165) is 32.2 Å². The maximum Gasteiger partial charge on any atom is 0.0963 e. The summed E-state index contributed by atoms with van der Waals surface area (Å²) in [4.78, 5) is 2.59. The van der Waals surface area contributed by atoms with E-state index in [1.54, 1.807) is 0 Å². The number of hydrogen-bond donors (Lipinski definition) is 3. The second-order valence-corrected chi connectivity index (χ2v) is 6.65. The standard InChI is InChI=1S/C14H27N3O/c1-14(2,13(15)16)6-3-7-17-10-4-5-11(17)9-12(18)8-10/h10-12,18H,3-9H2,1-2H3,(H3,15,16). The minimum absolute atomic E-state index is 0.0765. The normalized spacial score (nSPS) is 32.7. The number of aliphatic hydroxyl groups excluding tert-OH is 1. The summed E-state index contributed by atoms with van der Waals surface area (Å²) in [5.74, 6) is 0.291. The quantitative estimate of drug-likeness (QED) is 0.516. The Morgan fingerprint density at radius 3 is 2.39 bits per heavy atom. The van der Waals surface area contributed by atoms with Crippen LogP contribution in [0.4, 0.5) is 0 Å². The third-order valence-corrected chi connectivity index (χ3v) is 4.81. The Bertz CT molecular complexity index is 302. The molecule has 104 valence electrons. The van der Waals surface area contributed by atoms with Crippen molar-refractivity contribution >= 4 is 5.84 Å². The van der Waals surface area contributed by atoms with E-state index in [2.05, 4.69) is 4.90 Å². The Morgan fingerprint density at radius 1 is 1.33 bits per heavy atom. The summed E-state index contributed by atoms with van der Waals surface area (Å²) in [5.41, 5.74) is 5.44. The first-order chi connectivity index (χ1) is 8.40. The van der Waals surface area contributed by atoms with Gasteiger partial charge in [0.05, 0.1) is 11.9 Å². The molecule has 0 aromatic carbocycles. The first-order valence-electron chi connectivity index (χ1n) is 7.18. The fraction of sp³-hybridized carbons (Fsp3) is 0.929. The Labute approximate surface area is 110 Å². The average molecular weight is 253 g/mol. The summed E-state index contributed by atoms with van der Waals surface area (Å²) < 4.78 is 0. The van der Waals surface area contributed by atoms with Gasteiger partial charge in [0.25, 0.3) is 0 Å². The molecule has 2 atom stereocenters. The second kappa shape index (κ2) is 5.17. The molecule has 0 saturated carbocycles. The van der Waals surface area contributed by atoms with Crippen LogP contribution in [-0.2, 0) is 0 Å². The molecule has 2 rings (SSSR count). The zero-order chi connectivity index (χ0) is 13.3. The summed E-state index contributed by atoms with van der Waals surface area (Å²) in [6.07, 6.45) is 6.39. The van der Waals surface area contributed by atoms with Crippen LogP contribution in [0.25, 0.3) is 0 Å². The lowest BCUT2D eigenvalue weighted by Gasteiger charge is -2.37. The number of aliphatic hydroxyl groups is 1. The van der Waals surface area contributed by atoms with Gasteiger partial charge in [-0.25, -0.2) is 0 Å². The maximum absolute atomic E-state index is 9.76. The average Bonchev–Trinajstić information content (AvgIpc) is 2.52. The number of nitrogens with one attached hydrogen (secondary N) is 1. The Morgan fingerprint density at radius 2 is 1.89 bits per heavy atom. The maximum atomic E-state index is 9.76. The smallest absolute Gasteiger partial charge is 0.0963 e. The molecule has 4 N–H and O–H groups in total. The number of rotatable bonds is 5. The molecule has 2 bridgehead atoms. The van der Waals surface area contributed by atoms with E-state index in [1.807, 2.05) is 13.8 Å². The van der Waals surface area contributed by atoms with E-state index in [9.17, 15) is 5.11 Å². The molecule has 2 unspecified atom stereocenters. The van der Waals surface area contributed by atoms with Gasteiger partial charge in [0.15, 0.2) is 0 Å². The molecule has 0 aliphatic carbocycles. The van der Waals surface area contributed by atoms with Crippen LogP contribution in [0.15, 0.2) is 0 Å². The second-order valence-electron chi connectivity index (χ2n) is 6.65. The third-order valence-electron chi connectivity index (χ3n) is 4.81. The molecule has 2 fully saturated rings. The van der Waals surface area contributed by atoms with Crippen LogP contribution in [0.3, 0.4) is 0 Å². The first-order valence-corrected chi connectivity index (χ1v) is 7.18. The van der Waals surface area contributed by atoms with E-state index >= 15 is 0 Å². The fourth-order valence-electron chi connectivity index (χ4n) is 3.45. The van der Waals surface area contributed by atoms with Crippen molar-refractivity contribution in [3.63, 3.8) is 0 Å². The molecule has 0 amide bonds. The molecule has 2 aliphatic rings. The number of nitrogens with two attached hydrogens (primary N) is 1. The monoisotopic (exact) mass is 253 g/mol. The van der Waals surface area contributed by atoms with E-state index in [0.29, 0.717) is 17.9 Å². The Kier molecular flexibility index (Phi) is 3.97. The summed E-state index contributed by atoms with van der Waals surface area (Å²) in [5, 5.41) is 17.3. The predicted molar refractivity (Wildman–Crippen MR) is 73.7 cm³/mol. The third kappa shape index (κ3) is 2.86. The molecule has 18 heavy (non-hydrogen) atoms. The number of amidine groups is 1. The number of fused-ring (bicyclic) bond motifs is 2. The lowest BCUT2D eigenvalue weighted by Crippen LogP contribution is -2.45. The molecule has 0 radical (unpaired) electrons. The predicted octanol–water partition coefficient (Wildman–Crippen LogP) is 1.72. The van der Waals surface area contributed by atoms with E-state index in [-0.39, 0.29) is 11.5 Å². The Hall–Kier alpha value is -0.610. The van der Waals surface area contributed by atoms with Crippen molar-refractivity contribution < 1.29 is 5.11 Å². The van der Waals surface area contributed by atoms with Gasteiger partial charge in [-0.1, -0.05) is 13.8 Å². The highest BCUT2D eigenvalue weighted by Gasteiger charge is 2.39. The van der Waals surface area contributed by atoms with Gasteiger partial charge in [-0.3, -0.25) is 10.3 Å². The van der Waals surface area contributed by atoms with E-state index in [4.69, 9.17) is 11.1 Å². The van der Waals surface area contributed by atoms with Crippen molar-refractivity contribution in [3.8, 4) is 0 Å². The van der Waals surface area contributed by atoms with Crippen molar-refractivity contribution in [2.75, 3.05) is 6.54 Å². The minimum atomic E-state index is -0.172. The van der Waals surface area contributed by atoms with Gasteiger partial charge in [0.1, 0.15) is 0 Å². The first kappa shape index (κ1) is 13.8. The van der Waals surface area contributed by atoms with Crippen LogP contribution in [-0.4, -0.2) is 40.6 Å². The number of nitrogens with zero attached hydrogens (tertiary/aromatic N) is 1. The Balaban J connectivity index is 1.80. The van der Waals surface area contributed by atoms with Crippen molar-refractivity contribution in [2.24, 2.45) is 11.1 Å².